The Morgan fingerprint density at radius 2 is 1.11 bits per heavy atom. The largest absolute Gasteiger partial charge is 0.416 e. The van der Waals surface area contributed by atoms with E-state index < -0.39 is 11.7 Å². The first-order valence-electron chi connectivity index (χ1n) is 14.9. The van der Waals surface area contributed by atoms with E-state index in [1.807, 2.05) is 66.7 Å². The van der Waals surface area contributed by atoms with E-state index in [0.717, 1.165) is 68.8 Å². The number of alkyl halides is 3. The van der Waals surface area contributed by atoms with Gasteiger partial charge in [0.1, 0.15) is 5.00 Å². The molecule has 46 heavy (non-hydrogen) atoms. The molecule has 1 aliphatic heterocycles. The number of benzene rings is 5. The molecule has 0 saturated carbocycles. The van der Waals surface area contributed by atoms with Gasteiger partial charge in [0.2, 0.25) is 0 Å². The van der Waals surface area contributed by atoms with Gasteiger partial charge in [-0.1, -0.05) is 59.9 Å². The van der Waals surface area contributed by atoms with E-state index in [1.165, 1.54) is 30.0 Å². The van der Waals surface area contributed by atoms with Crippen molar-refractivity contribution in [2.75, 3.05) is 39.7 Å². The predicted molar refractivity (Wildman–Crippen MR) is 184 cm³/mol. The quantitative estimate of drug-likeness (QED) is 0.0937. The second-order valence-electron chi connectivity index (χ2n) is 11.0. The van der Waals surface area contributed by atoms with Gasteiger partial charge in [-0.05, 0) is 73.5 Å². The van der Waals surface area contributed by atoms with Crippen molar-refractivity contribution in [3.63, 3.8) is 0 Å². The molecule has 4 N–H and O–H groups in total. The van der Waals surface area contributed by atoms with Crippen LogP contribution in [0, 0.1) is 0 Å². The maximum absolute atomic E-state index is 12.9. The van der Waals surface area contributed by atoms with Crippen molar-refractivity contribution in [2.24, 2.45) is 10.2 Å². The van der Waals surface area contributed by atoms with Crippen molar-refractivity contribution in [2.45, 2.75) is 19.0 Å². The highest BCUT2D eigenvalue weighted by Crippen LogP contribution is 2.37. The molecule has 1 saturated heterocycles. The fourth-order valence-corrected chi connectivity index (χ4v) is 6.49. The van der Waals surface area contributed by atoms with E-state index in [0.29, 0.717) is 11.4 Å². The van der Waals surface area contributed by atoms with Gasteiger partial charge in [0.15, 0.2) is 0 Å². The number of fused-ring (bicyclic) bond motifs is 2. The monoisotopic (exact) mass is 637 g/mol. The van der Waals surface area contributed by atoms with Gasteiger partial charge in [-0.2, -0.15) is 13.2 Å². The van der Waals surface area contributed by atoms with Gasteiger partial charge in [-0.25, -0.2) is 0 Å². The van der Waals surface area contributed by atoms with Crippen LogP contribution in [-0.4, -0.2) is 13.1 Å². The second-order valence-corrected chi connectivity index (χ2v) is 12.0. The molecule has 0 spiro atoms. The smallest absolute Gasteiger partial charge is 0.363 e. The number of nitrogens with zero attached hydrogens (tertiary/aromatic N) is 3. The normalized spacial score (nSPS) is 13.5. The zero-order valence-corrected chi connectivity index (χ0v) is 25.4. The van der Waals surface area contributed by atoms with Crippen LogP contribution in [0.5, 0.6) is 0 Å². The number of halogens is 3. The van der Waals surface area contributed by atoms with Crippen molar-refractivity contribution >= 4 is 71.3 Å². The molecular weight excluding hydrogens is 607 g/mol. The third-order valence-corrected chi connectivity index (χ3v) is 9.01. The van der Waals surface area contributed by atoms with Gasteiger partial charge in [0.05, 0.1) is 39.0 Å². The zero-order valence-electron chi connectivity index (χ0n) is 24.6. The number of azo groups is 1. The number of thiophene rings is 1. The molecule has 7 nitrogen and oxygen atoms in total. The first-order valence-corrected chi connectivity index (χ1v) is 15.8. The Balaban J connectivity index is 1.09. The molecule has 232 valence electrons. The van der Waals surface area contributed by atoms with E-state index in [-0.39, 0.29) is 0 Å². The molecule has 6 aromatic rings. The van der Waals surface area contributed by atoms with Gasteiger partial charge in [0.25, 0.3) is 0 Å². The number of nitrogens with one attached hydrogen (secondary N) is 4. The third kappa shape index (κ3) is 6.27. The lowest BCUT2D eigenvalue weighted by Gasteiger charge is -2.14. The minimum atomic E-state index is -4.38. The van der Waals surface area contributed by atoms with Crippen LogP contribution in [0.2, 0.25) is 0 Å². The molecule has 0 amide bonds. The van der Waals surface area contributed by atoms with Crippen LogP contribution in [0.3, 0.4) is 0 Å². The molecule has 0 atom stereocenters. The summed E-state index contributed by atoms with van der Waals surface area (Å²) >= 11 is 1.74. The molecule has 5 aromatic carbocycles. The van der Waals surface area contributed by atoms with Crippen molar-refractivity contribution in [3.8, 4) is 0 Å². The summed E-state index contributed by atoms with van der Waals surface area (Å²) < 4.78 is 38.8. The number of hydrogen-bond acceptors (Lipinski definition) is 8. The van der Waals surface area contributed by atoms with Crippen LogP contribution in [0.25, 0.3) is 21.5 Å². The molecule has 1 fully saturated rings. The standard InChI is InChI=1S/C35H30F3N7S/c36-35(37,38)23-11-13-24(14-12-23)39-40-29-15-16-30(26-8-2-1-7-25(26)29)41-42-31-17-18-32(28-10-4-3-9-27(28)31)43-44-33-19-20-34(46-33)45-21-5-6-22-45/h1-4,7-20,39-40,43-44H,5-6,21-22H2. The van der Waals surface area contributed by atoms with Crippen LogP contribution in [0.1, 0.15) is 18.4 Å². The Kier molecular flexibility index (Phi) is 8.06. The van der Waals surface area contributed by atoms with Crippen LogP contribution >= 0.6 is 11.3 Å². The number of hydrazine groups is 2. The van der Waals surface area contributed by atoms with E-state index in [4.69, 9.17) is 0 Å². The molecule has 2 heterocycles. The van der Waals surface area contributed by atoms with Crippen LogP contribution in [-0.2, 0) is 6.18 Å². The van der Waals surface area contributed by atoms with Crippen LogP contribution in [0.4, 0.5) is 51.6 Å². The van der Waals surface area contributed by atoms with E-state index in [9.17, 15) is 13.2 Å². The maximum Gasteiger partial charge on any atom is 0.416 e. The summed E-state index contributed by atoms with van der Waals surface area (Å²) in [5, 5.41) is 15.4. The molecule has 0 bridgehead atoms. The van der Waals surface area contributed by atoms with Gasteiger partial charge < -0.3 is 15.8 Å². The average Bonchev–Trinajstić information content (AvgIpc) is 3.79. The lowest BCUT2D eigenvalue weighted by Crippen LogP contribution is -2.15. The molecule has 1 aromatic heterocycles. The highest BCUT2D eigenvalue weighted by Gasteiger charge is 2.30. The summed E-state index contributed by atoms with van der Waals surface area (Å²) in [6.45, 7) is 2.24. The number of hydrogen-bond donors (Lipinski definition) is 4. The summed E-state index contributed by atoms with van der Waals surface area (Å²) in [4.78, 5) is 2.43. The zero-order chi connectivity index (χ0) is 31.5. The molecule has 0 radical (unpaired) electrons. The van der Waals surface area contributed by atoms with Crippen molar-refractivity contribution in [1.82, 2.24) is 0 Å². The van der Waals surface area contributed by atoms with Crippen LogP contribution in [0.15, 0.2) is 119 Å². The van der Waals surface area contributed by atoms with Crippen LogP contribution < -0.4 is 26.6 Å². The summed E-state index contributed by atoms with van der Waals surface area (Å²) in [6.07, 6.45) is -1.88. The average molecular weight is 638 g/mol. The van der Waals surface area contributed by atoms with E-state index in [1.54, 1.807) is 11.3 Å². The highest BCUT2D eigenvalue weighted by molar-refractivity contribution is 7.20. The Hall–Kier alpha value is -5.29. The van der Waals surface area contributed by atoms with Gasteiger partial charge >= 0.3 is 6.18 Å². The topological polar surface area (TPSA) is 76.1 Å². The van der Waals surface area contributed by atoms with Gasteiger partial charge in [-0.3, -0.25) is 10.9 Å². The first-order chi connectivity index (χ1) is 22.4. The molecule has 0 unspecified atom stereocenters. The van der Waals surface area contributed by atoms with Crippen molar-refractivity contribution in [3.05, 3.63) is 115 Å². The molecule has 11 heteroatoms. The minimum absolute atomic E-state index is 0.503. The lowest BCUT2D eigenvalue weighted by molar-refractivity contribution is -0.137. The van der Waals surface area contributed by atoms with Gasteiger partial charge in [-0.15, -0.1) is 10.2 Å². The maximum atomic E-state index is 12.9. The lowest BCUT2D eigenvalue weighted by atomic mass is 10.1. The Labute approximate surface area is 267 Å². The molecule has 7 rings (SSSR count). The Bertz CT molecular complexity index is 2020. The molecular formula is C35H30F3N7S. The fourth-order valence-electron chi connectivity index (χ4n) is 5.58. The fraction of sp³-hybridized carbons (Fsp3) is 0.143. The SMILES string of the molecule is FC(F)(F)c1ccc(NNc2ccc(N=Nc3ccc(NNc4ccc(N5CCCC5)s4)c4ccccc34)c3ccccc23)cc1. The minimum Gasteiger partial charge on any atom is -0.363 e. The summed E-state index contributed by atoms with van der Waals surface area (Å²) in [5.74, 6) is 0. The number of rotatable bonds is 9. The van der Waals surface area contributed by atoms with Crippen molar-refractivity contribution in [1.29, 1.82) is 0 Å². The second kappa shape index (κ2) is 12.6. The van der Waals surface area contributed by atoms with E-state index >= 15 is 0 Å². The predicted octanol–water partition coefficient (Wildman–Crippen LogP) is 11.0. The van der Waals surface area contributed by atoms with E-state index in [2.05, 4.69) is 55.0 Å². The van der Waals surface area contributed by atoms with Crippen molar-refractivity contribution < 1.29 is 13.2 Å². The Morgan fingerprint density at radius 3 is 1.67 bits per heavy atom. The summed E-state index contributed by atoms with van der Waals surface area (Å²) in [5.41, 5.74) is 15.8. The summed E-state index contributed by atoms with van der Waals surface area (Å²) in [6, 6.07) is 32.6. The Morgan fingerprint density at radius 1 is 0.565 bits per heavy atom. The molecule has 1 aliphatic rings. The van der Waals surface area contributed by atoms with Gasteiger partial charge in [0, 0.05) is 34.6 Å². The first kappa shape index (κ1) is 29.4. The highest BCUT2D eigenvalue weighted by atomic mass is 32.1. The number of anilines is 5. The summed E-state index contributed by atoms with van der Waals surface area (Å²) in [7, 11) is 0. The molecule has 0 aliphatic carbocycles. The third-order valence-electron chi connectivity index (χ3n) is 7.95.